The Morgan fingerprint density at radius 1 is 0.478 bits per heavy atom. The van der Waals surface area contributed by atoms with Gasteiger partial charge in [-0.05, 0) is 70.6 Å². The van der Waals surface area contributed by atoms with Crippen LogP contribution in [0, 0.1) is 0 Å². The molecule has 8 atom stereocenters. The summed E-state index contributed by atoms with van der Waals surface area (Å²) in [5.41, 5.74) is 0. The maximum atomic E-state index is 13.1. The highest BCUT2D eigenvalue weighted by Gasteiger charge is 2.56. The lowest BCUT2D eigenvalue weighted by Crippen LogP contribution is -2.65. The molecule has 1 aliphatic rings. The second-order valence-corrected chi connectivity index (χ2v) is 20.8. The molecule has 1 saturated carbocycles. The van der Waals surface area contributed by atoms with E-state index in [-0.39, 0.29) is 12.8 Å². The van der Waals surface area contributed by atoms with E-state index in [4.69, 9.17) is 18.5 Å². The summed E-state index contributed by atoms with van der Waals surface area (Å²) in [4.78, 5) is 73.2. The Morgan fingerprint density at radius 2 is 0.866 bits per heavy atom. The zero-order chi connectivity index (χ0) is 50.0. The molecule has 0 amide bonds. The fourth-order valence-corrected chi connectivity index (χ4v) is 9.35. The molecule has 19 nitrogen and oxygen atoms in total. The number of unbranched alkanes of at least 4 members (excludes halogenated alkanes) is 19. The van der Waals surface area contributed by atoms with Crippen LogP contribution in [0.3, 0.4) is 0 Å². The molecule has 0 aromatic carbocycles. The van der Waals surface area contributed by atoms with E-state index in [1.54, 1.807) is 0 Å². The van der Waals surface area contributed by atoms with E-state index >= 15 is 0 Å². The second kappa shape index (κ2) is 37.2. The predicted octanol–water partition coefficient (Wildman–Crippen LogP) is 8.85. The van der Waals surface area contributed by atoms with Crippen molar-refractivity contribution >= 4 is 35.4 Å². The maximum Gasteiger partial charge on any atom is 0.472 e. The molecule has 67 heavy (non-hydrogen) atoms. The molecular formula is C45H83O19P3. The average Bonchev–Trinajstić information content (AvgIpc) is 3.25. The summed E-state index contributed by atoms with van der Waals surface area (Å²) in [5.74, 6) is -1.32. The highest BCUT2D eigenvalue weighted by atomic mass is 31.2. The van der Waals surface area contributed by atoms with Crippen LogP contribution in [0.15, 0.2) is 36.5 Å². The second-order valence-electron chi connectivity index (χ2n) is 17.0. The number of carbonyl (C=O) groups is 2. The third kappa shape index (κ3) is 33.6. The van der Waals surface area contributed by atoms with Gasteiger partial charge >= 0.3 is 35.4 Å². The van der Waals surface area contributed by atoms with E-state index in [2.05, 4.69) is 59.4 Å². The largest absolute Gasteiger partial charge is 0.472 e. The summed E-state index contributed by atoms with van der Waals surface area (Å²) in [6.07, 6.45) is 21.6. The minimum atomic E-state index is -5.60. The van der Waals surface area contributed by atoms with Crippen LogP contribution in [0.5, 0.6) is 0 Å². The van der Waals surface area contributed by atoms with Crippen LogP contribution in [0.25, 0.3) is 0 Å². The van der Waals surface area contributed by atoms with Crippen molar-refractivity contribution in [3.8, 4) is 0 Å². The van der Waals surface area contributed by atoms with E-state index < -0.39 is 91.3 Å². The van der Waals surface area contributed by atoms with Crippen molar-refractivity contribution in [3.63, 3.8) is 0 Å². The normalized spacial score (nSPS) is 21.9. The van der Waals surface area contributed by atoms with Crippen LogP contribution in [-0.4, -0.2) is 108 Å². The zero-order valence-corrected chi connectivity index (χ0v) is 42.4. The maximum absolute atomic E-state index is 13.1. The fraction of sp³-hybridized carbons (Fsp3) is 0.822. The number of rotatable bonds is 41. The van der Waals surface area contributed by atoms with Crippen LogP contribution in [-0.2, 0) is 50.9 Å². The number of carbonyl (C=O) groups excluding carboxylic acids is 2. The van der Waals surface area contributed by atoms with Crippen molar-refractivity contribution < 1.29 is 90.6 Å². The highest BCUT2D eigenvalue weighted by molar-refractivity contribution is 7.47. The van der Waals surface area contributed by atoms with Crippen molar-refractivity contribution in [1.82, 2.24) is 0 Å². The van der Waals surface area contributed by atoms with Crippen LogP contribution in [0.4, 0.5) is 0 Å². The third-order valence-corrected chi connectivity index (χ3v) is 12.9. The van der Waals surface area contributed by atoms with Crippen LogP contribution < -0.4 is 0 Å². The average molecular weight is 1020 g/mol. The lowest BCUT2D eigenvalue weighted by Gasteiger charge is -2.44. The Morgan fingerprint density at radius 3 is 1.36 bits per heavy atom. The topological polar surface area (TPSA) is 303 Å². The SMILES string of the molecule is CCCCC/C=C\C/C=C\CCCCCCCC(=O)O[C@H](COC(=O)CCCCCCC/C=C\CCCCCCCC)COP(=O)(O)O[C@H]1C(O)C(O)C(OP(=O)(O)O)[C@@H](OP(=O)(O)O)C1O. The number of phosphoric ester groups is 3. The van der Waals surface area contributed by atoms with Gasteiger partial charge < -0.3 is 49.3 Å². The van der Waals surface area contributed by atoms with Crippen molar-refractivity contribution in [1.29, 1.82) is 0 Å². The standard InChI is InChI=1S/C45H83O19P3/c1-3-5-7-9-11-13-15-17-19-21-23-25-27-29-31-33-38(46)59-35-37(61-39(47)34-32-30-28-26-24-22-20-18-16-14-12-10-8-6-4-2)36-60-67(57,58)64-43-40(48)41(49)44(62-65(51,52)53)45(42(43)50)63-66(54,55)56/h12,14,17-20,37,40-45,48-50H,3-11,13,15-16,21-36H2,1-2H3,(H,57,58)(H2,51,52,53)(H2,54,55,56)/b14-12-,19-17-,20-18-/t37-,40?,41?,42?,43+,44?,45+/m1/s1. The minimum Gasteiger partial charge on any atom is -0.462 e. The third-order valence-electron chi connectivity index (χ3n) is 10.9. The number of aliphatic hydroxyl groups excluding tert-OH is 3. The van der Waals surface area contributed by atoms with Crippen molar-refractivity contribution in [3.05, 3.63) is 36.5 Å². The smallest absolute Gasteiger partial charge is 0.462 e. The van der Waals surface area contributed by atoms with Gasteiger partial charge in [-0.2, -0.15) is 0 Å². The minimum absolute atomic E-state index is 0.0195. The Labute approximate surface area is 398 Å². The van der Waals surface area contributed by atoms with Crippen LogP contribution >= 0.6 is 23.5 Å². The molecule has 8 N–H and O–H groups in total. The van der Waals surface area contributed by atoms with Gasteiger partial charge in [0.1, 0.15) is 43.2 Å². The molecular weight excluding hydrogens is 937 g/mol. The number of esters is 2. The number of hydrogen-bond donors (Lipinski definition) is 8. The van der Waals surface area contributed by atoms with Gasteiger partial charge in [0.15, 0.2) is 6.10 Å². The number of phosphoric acid groups is 3. The molecule has 0 radical (unpaired) electrons. The van der Waals surface area contributed by atoms with E-state index in [1.165, 1.54) is 57.8 Å². The Kier molecular flexibility index (Phi) is 35.2. The van der Waals surface area contributed by atoms with Gasteiger partial charge in [-0.25, -0.2) is 13.7 Å². The number of allylic oxidation sites excluding steroid dienone is 6. The van der Waals surface area contributed by atoms with E-state index in [0.717, 1.165) is 83.5 Å². The monoisotopic (exact) mass is 1020 g/mol. The van der Waals surface area contributed by atoms with E-state index in [0.29, 0.717) is 12.8 Å². The van der Waals surface area contributed by atoms with E-state index in [1.807, 2.05) is 0 Å². The van der Waals surface area contributed by atoms with Gasteiger partial charge in [-0.1, -0.05) is 134 Å². The molecule has 0 heterocycles. The van der Waals surface area contributed by atoms with Crippen molar-refractivity contribution in [2.75, 3.05) is 13.2 Å². The molecule has 1 aliphatic carbocycles. The Hall–Kier alpha value is -1.63. The number of aliphatic hydroxyl groups is 3. The predicted molar refractivity (Wildman–Crippen MR) is 252 cm³/mol. The van der Waals surface area contributed by atoms with Gasteiger partial charge in [-0.3, -0.25) is 27.7 Å². The van der Waals surface area contributed by atoms with Crippen LogP contribution in [0.1, 0.15) is 181 Å². The molecule has 0 aliphatic heterocycles. The molecule has 0 saturated heterocycles. The van der Waals surface area contributed by atoms with Gasteiger partial charge in [0, 0.05) is 12.8 Å². The first-order valence-corrected chi connectivity index (χ1v) is 28.8. The molecule has 392 valence electrons. The molecule has 0 bridgehead atoms. The summed E-state index contributed by atoms with van der Waals surface area (Å²) in [6.45, 7) is 2.90. The molecule has 0 aromatic heterocycles. The summed E-state index contributed by atoms with van der Waals surface area (Å²) >= 11 is 0. The van der Waals surface area contributed by atoms with Crippen molar-refractivity contribution in [2.45, 2.75) is 224 Å². The fourth-order valence-electron chi connectivity index (χ4n) is 7.25. The molecule has 1 rings (SSSR count). The number of ether oxygens (including phenoxy) is 2. The zero-order valence-electron chi connectivity index (χ0n) is 39.7. The summed E-state index contributed by atoms with van der Waals surface area (Å²) in [6, 6.07) is 0. The molecule has 0 spiro atoms. The first-order chi connectivity index (χ1) is 31.8. The van der Waals surface area contributed by atoms with Gasteiger partial charge in [0.25, 0.3) is 0 Å². The molecule has 0 aromatic rings. The first-order valence-electron chi connectivity index (χ1n) is 24.3. The lowest BCUT2D eigenvalue weighted by molar-refractivity contribution is -0.213. The Bertz CT molecular complexity index is 1550. The lowest BCUT2D eigenvalue weighted by atomic mass is 9.85. The summed E-state index contributed by atoms with van der Waals surface area (Å²) in [7, 11) is -16.6. The van der Waals surface area contributed by atoms with Crippen molar-refractivity contribution in [2.24, 2.45) is 0 Å². The quantitative estimate of drug-likeness (QED) is 0.0123. The first kappa shape index (κ1) is 63.4. The van der Waals surface area contributed by atoms with E-state index in [9.17, 15) is 63.1 Å². The van der Waals surface area contributed by atoms with Gasteiger partial charge in [-0.15, -0.1) is 0 Å². The Balaban J connectivity index is 2.74. The van der Waals surface area contributed by atoms with Crippen LogP contribution in [0.2, 0.25) is 0 Å². The molecule has 5 unspecified atom stereocenters. The summed E-state index contributed by atoms with van der Waals surface area (Å²) < 4.78 is 65.5. The summed E-state index contributed by atoms with van der Waals surface area (Å²) in [5, 5.41) is 31.9. The van der Waals surface area contributed by atoms with Gasteiger partial charge in [0.05, 0.1) is 6.61 Å². The molecule has 22 heteroatoms. The highest BCUT2D eigenvalue weighted by Crippen LogP contribution is 2.51. The number of hydrogen-bond acceptors (Lipinski definition) is 14. The molecule has 1 fully saturated rings. The van der Waals surface area contributed by atoms with Gasteiger partial charge in [0.2, 0.25) is 0 Å².